The Hall–Kier alpha value is -4.42. The summed E-state index contributed by atoms with van der Waals surface area (Å²) in [4.78, 5) is 51.9. The lowest BCUT2D eigenvalue weighted by molar-refractivity contribution is -0.142. The number of benzene rings is 2. The molecule has 196 valence electrons. The second-order valence-corrected chi connectivity index (χ2v) is 8.46. The number of aromatic nitrogens is 1. The van der Waals surface area contributed by atoms with Gasteiger partial charge in [0.1, 0.15) is 17.8 Å². The Morgan fingerprint density at radius 2 is 1.62 bits per heavy atom. The van der Waals surface area contributed by atoms with Gasteiger partial charge in [0.2, 0.25) is 17.7 Å². The summed E-state index contributed by atoms with van der Waals surface area (Å²) in [6, 6.07) is 9.75. The van der Waals surface area contributed by atoms with E-state index in [-0.39, 0.29) is 18.6 Å². The van der Waals surface area contributed by atoms with Crippen LogP contribution in [0.3, 0.4) is 0 Å². The van der Waals surface area contributed by atoms with Crippen molar-refractivity contribution >= 4 is 34.6 Å². The molecule has 3 rings (SSSR count). The Labute approximate surface area is 211 Å². The number of H-pyrrole nitrogens is 1. The number of para-hydroxylation sites is 1. The van der Waals surface area contributed by atoms with E-state index in [0.29, 0.717) is 11.1 Å². The smallest absolute Gasteiger partial charge is 0.326 e. The average Bonchev–Trinajstić information content (AvgIpc) is 3.29. The number of carbonyl (C=O) groups excluding carboxylic acids is 3. The van der Waals surface area contributed by atoms with E-state index in [0.717, 1.165) is 10.9 Å². The lowest BCUT2D eigenvalue weighted by atomic mass is 10.0. The molecule has 3 unspecified atom stereocenters. The lowest BCUT2D eigenvalue weighted by Crippen LogP contribution is -2.55. The van der Waals surface area contributed by atoms with Gasteiger partial charge in [-0.3, -0.25) is 14.4 Å². The molecule has 12 nitrogen and oxygen atoms in total. The Balaban J connectivity index is 1.51. The van der Waals surface area contributed by atoms with Crippen molar-refractivity contribution in [1.82, 2.24) is 20.9 Å². The standard InChI is InChI=1S/C25H29N5O7/c26-18(9-14-5-7-16(32)8-6-14)23(34)28-12-22(33)29-21(13-31)24(35)30-20(25(36)37)10-15-11-27-19-4-2-1-3-17(15)19/h1-8,11,18,20-21,27,31-32H,9-10,12-13,26H2,(H,28,34)(H,29,33)(H,30,35)(H,36,37). The zero-order valence-corrected chi connectivity index (χ0v) is 19.8. The SMILES string of the molecule is NC(Cc1ccc(O)cc1)C(=O)NCC(=O)NC(CO)C(=O)NC(Cc1c[nH]c2ccccc12)C(=O)O. The maximum Gasteiger partial charge on any atom is 0.326 e. The molecule has 37 heavy (non-hydrogen) atoms. The second-order valence-electron chi connectivity index (χ2n) is 8.46. The van der Waals surface area contributed by atoms with Crippen LogP contribution in [0.1, 0.15) is 11.1 Å². The van der Waals surface area contributed by atoms with Gasteiger partial charge >= 0.3 is 5.97 Å². The third kappa shape index (κ3) is 7.53. The van der Waals surface area contributed by atoms with Crippen LogP contribution in [0.2, 0.25) is 0 Å². The van der Waals surface area contributed by atoms with Gasteiger partial charge in [-0.1, -0.05) is 30.3 Å². The summed E-state index contributed by atoms with van der Waals surface area (Å²) < 4.78 is 0. The fourth-order valence-electron chi connectivity index (χ4n) is 3.71. The summed E-state index contributed by atoms with van der Waals surface area (Å²) in [6.45, 7) is -1.30. The number of aromatic amines is 1. The molecule has 0 radical (unpaired) electrons. The predicted molar refractivity (Wildman–Crippen MR) is 133 cm³/mol. The highest BCUT2D eigenvalue weighted by molar-refractivity contribution is 5.93. The molecule has 1 heterocycles. The van der Waals surface area contributed by atoms with Gasteiger partial charge in [-0.25, -0.2) is 4.79 Å². The number of aromatic hydroxyl groups is 1. The van der Waals surface area contributed by atoms with E-state index in [1.54, 1.807) is 18.3 Å². The largest absolute Gasteiger partial charge is 0.508 e. The monoisotopic (exact) mass is 511 g/mol. The van der Waals surface area contributed by atoms with Gasteiger partial charge in [0.25, 0.3) is 0 Å². The van der Waals surface area contributed by atoms with E-state index in [4.69, 9.17) is 5.73 Å². The predicted octanol–water partition coefficient (Wildman–Crippen LogP) is -0.851. The number of amides is 3. The number of aliphatic hydroxyl groups is 1. The molecule has 0 aliphatic carbocycles. The first kappa shape index (κ1) is 27.2. The van der Waals surface area contributed by atoms with Crippen LogP contribution in [-0.2, 0) is 32.0 Å². The van der Waals surface area contributed by atoms with E-state index in [2.05, 4.69) is 20.9 Å². The minimum absolute atomic E-state index is 0.0217. The molecule has 12 heteroatoms. The quantitative estimate of drug-likeness (QED) is 0.153. The summed E-state index contributed by atoms with van der Waals surface area (Å²) in [5.41, 5.74) is 8.06. The number of carboxylic acid groups (broad SMARTS) is 1. The molecule has 2 aromatic carbocycles. The van der Waals surface area contributed by atoms with Gasteiger partial charge in [0, 0.05) is 23.5 Å². The van der Waals surface area contributed by atoms with Crippen molar-refractivity contribution in [2.45, 2.75) is 31.0 Å². The number of aliphatic hydroxyl groups excluding tert-OH is 1. The first-order valence-corrected chi connectivity index (χ1v) is 11.5. The molecule has 9 N–H and O–H groups in total. The second kappa shape index (κ2) is 12.5. The molecule has 3 aromatic rings. The highest BCUT2D eigenvalue weighted by atomic mass is 16.4. The number of phenolic OH excluding ortho intramolecular Hbond substituents is 1. The van der Waals surface area contributed by atoms with E-state index in [1.807, 2.05) is 24.3 Å². The van der Waals surface area contributed by atoms with Gasteiger partial charge in [-0.15, -0.1) is 0 Å². The summed E-state index contributed by atoms with van der Waals surface area (Å²) >= 11 is 0. The average molecular weight is 512 g/mol. The van der Waals surface area contributed by atoms with Crippen molar-refractivity contribution in [1.29, 1.82) is 0 Å². The van der Waals surface area contributed by atoms with E-state index in [1.165, 1.54) is 12.1 Å². The third-order valence-corrected chi connectivity index (χ3v) is 5.70. The molecule has 0 saturated carbocycles. The summed E-state index contributed by atoms with van der Waals surface area (Å²) in [7, 11) is 0. The van der Waals surface area contributed by atoms with Crippen LogP contribution >= 0.6 is 0 Å². The molecule has 0 saturated heterocycles. The van der Waals surface area contributed by atoms with Crippen LogP contribution in [-0.4, -0.2) is 75.3 Å². The van der Waals surface area contributed by atoms with Crippen molar-refractivity contribution in [3.05, 3.63) is 65.9 Å². The number of rotatable bonds is 12. The van der Waals surface area contributed by atoms with Crippen LogP contribution < -0.4 is 21.7 Å². The van der Waals surface area contributed by atoms with Crippen molar-refractivity contribution in [3.8, 4) is 5.75 Å². The molecule has 0 spiro atoms. The van der Waals surface area contributed by atoms with Gasteiger partial charge in [0.15, 0.2) is 0 Å². The fourth-order valence-corrected chi connectivity index (χ4v) is 3.71. The Bertz CT molecular complexity index is 1260. The molecule has 0 aliphatic heterocycles. The first-order valence-electron chi connectivity index (χ1n) is 11.5. The topological polar surface area (TPSA) is 207 Å². The van der Waals surface area contributed by atoms with Crippen LogP contribution in [0.15, 0.2) is 54.7 Å². The molecular formula is C25H29N5O7. The van der Waals surface area contributed by atoms with Gasteiger partial charge in [-0.2, -0.15) is 0 Å². The maximum absolute atomic E-state index is 12.6. The Morgan fingerprint density at radius 3 is 2.30 bits per heavy atom. The van der Waals surface area contributed by atoms with E-state index >= 15 is 0 Å². The van der Waals surface area contributed by atoms with Gasteiger partial charge < -0.3 is 42.0 Å². The minimum atomic E-state index is -1.43. The third-order valence-electron chi connectivity index (χ3n) is 5.70. The number of carboxylic acids is 1. The van der Waals surface area contributed by atoms with Crippen molar-refractivity contribution in [3.63, 3.8) is 0 Å². The van der Waals surface area contributed by atoms with E-state index < -0.39 is 55.0 Å². The first-order chi connectivity index (χ1) is 17.7. The van der Waals surface area contributed by atoms with Crippen LogP contribution in [0.5, 0.6) is 5.75 Å². The molecule has 0 bridgehead atoms. The summed E-state index contributed by atoms with van der Waals surface area (Å²) in [6.07, 6.45) is 1.81. The van der Waals surface area contributed by atoms with Crippen LogP contribution in [0.25, 0.3) is 10.9 Å². The number of hydrogen-bond donors (Lipinski definition) is 8. The molecule has 0 aliphatic rings. The van der Waals surface area contributed by atoms with Crippen molar-refractivity contribution < 1.29 is 34.5 Å². The number of nitrogens with one attached hydrogen (secondary N) is 4. The Morgan fingerprint density at radius 1 is 0.919 bits per heavy atom. The fraction of sp³-hybridized carbons (Fsp3) is 0.280. The van der Waals surface area contributed by atoms with Crippen LogP contribution in [0.4, 0.5) is 0 Å². The lowest BCUT2D eigenvalue weighted by Gasteiger charge is -2.20. The number of hydrogen-bond acceptors (Lipinski definition) is 7. The van der Waals surface area contributed by atoms with Gasteiger partial charge in [-0.05, 0) is 35.7 Å². The van der Waals surface area contributed by atoms with Crippen molar-refractivity contribution in [2.75, 3.05) is 13.2 Å². The van der Waals surface area contributed by atoms with Crippen LogP contribution in [0, 0.1) is 0 Å². The van der Waals surface area contributed by atoms with E-state index in [9.17, 15) is 34.5 Å². The normalized spacial score (nSPS) is 13.4. The highest BCUT2D eigenvalue weighted by Crippen LogP contribution is 2.19. The summed E-state index contributed by atoms with van der Waals surface area (Å²) in [5, 5.41) is 36.3. The molecule has 3 atom stereocenters. The highest BCUT2D eigenvalue weighted by Gasteiger charge is 2.27. The van der Waals surface area contributed by atoms with Crippen molar-refractivity contribution in [2.24, 2.45) is 5.73 Å². The molecule has 0 fully saturated rings. The zero-order valence-electron chi connectivity index (χ0n) is 19.8. The number of carbonyl (C=O) groups is 4. The molecule has 3 amide bonds. The summed E-state index contributed by atoms with van der Waals surface area (Å²) in [5.74, 6) is -3.48. The number of nitrogens with two attached hydrogens (primary N) is 1. The molecule has 1 aromatic heterocycles. The number of fused-ring (bicyclic) bond motifs is 1. The minimum Gasteiger partial charge on any atom is -0.508 e. The number of phenols is 1. The Kier molecular flexibility index (Phi) is 9.19. The van der Waals surface area contributed by atoms with Gasteiger partial charge in [0.05, 0.1) is 19.2 Å². The molecular weight excluding hydrogens is 482 g/mol. The zero-order chi connectivity index (χ0) is 26.9. The maximum atomic E-state index is 12.6. The number of aliphatic carboxylic acids is 1.